The van der Waals surface area contributed by atoms with Crippen LogP contribution in [-0.4, -0.2) is 16.5 Å². The van der Waals surface area contributed by atoms with Crippen molar-refractivity contribution >= 4 is 5.78 Å². The van der Waals surface area contributed by atoms with E-state index in [1.165, 1.54) is 6.42 Å². The molecule has 0 aliphatic heterocycles. The van der Waals surface area contributed by atoms with Gasteiger partial charge in [0.1, 0.15) is 5.78 Å². The first-order chi connectivity index (χ1) is 7.64. The Labute approximate surface area is 97.4 Å². The second-order valence-corrected chi connectivity index (χ2v) is 6.19. The van der Waals surface area contributed by atoms with Crippen molar-refractivity contribution in [2.45, 2.75) is 57.5 Å². The van der Waals surface area contributed by atoms with Crippen molar-refractivity contribution in [1.29, 1.82) is 0 Å². The molecule has 0 aromatic rings. The predicted octanol–water partition coefficient (Wildman–Crippen LogP) is 2.54. The van der Waals surface area contributed by atoms with Crippen LogP contribution in [0.2, 0.25) is 0 Å². The Balaban J connectivity index is 2.00. The Bertz CT molecular complexity index is 312. The number of hydrogen-bond acceptors (Lipinski definition) is 2. The first kappa shape index (κ1) is 10.8. The average molecular weight is 222 g/mol. The van der Waals surface area contributed by atoms with Crippen LogP contribution in [0, 0.1) is 23.7 Å². The topological polar surface area (TPSA) is 37.3 Å². The maximum absolute atomic E-state index is 12.3. The highest BCUT2D eigenvalue weighted by atomic mass is 16.3. The number of Topliss-reactive ketones (excluding diaryl/α,β-unsaturated/α-hetero) is 1. The molecule has 90 valence electrons. The molecule has 0 spiro atoms. The van der Waals surface area contributed by atoms with E-state index in [9.17, 15) is 9.90 Å². The standard InChI is InChI=1S/C14H22O2/c1-9-10-5-4-7-12(13(10)15)14(16)8-3-2-6-11(9)14/h9-12,16H,2-8H2,1H3/t9-,10-,11+,12-,14-/m1/s1. The summed E-state index contributed by atoms with van der Waals surface area (Å²) in [4.78, 5) is 12.3. The van der Waals surface area contributed by atoms with Gasteiger partial charge >= 0.3 is 0 Å². The highest BCUT2D eigenvalue weighted by Gasteiger charge is 2.58. The van der Waals surface area contributed by atoms with Gasteiger partial charge in [0.05, 0.1) is 5.60 Å². The van der Waals surface area contributed by atoms with Crippen LogP contribution in [0.5, 0.6) is 0 Å². The largest absolute Gasteiger partial charge is 0.389 e. The molecule has 2 bridgehead atoms. The van der Waals surface area contributed by atoms with Crippen LogP contribution in [0.15, 0.2) is 0 Å². The monoisotopic (exact) mass is 222 g/mol. The van der Waals surface area contributed by atoms with Gasteiger partial charge in [0.25, 0.3) is 0 Å². The Hall–Kier alpha value is -0.370. The van der Waals surface area contributed by atoms with Gasteiger partial charge in [-0.05, 0) is 37.5 Å². The normalized spacial score (nSPS) is 52.2. The molecule has 0 aromatic heterocycles. The first-order valence-electron chi connectivity index (χ1n) is 6.90. The van der Waals surface area contributed by atoms with E-state index in [2.05, 4.69) is 6.92 Å². The summed E-state index contributed by atoms with van der Waals surface area (Å²) in [6.45, 7) is 2.20. The summed E-state index contributed by atoms with van der Waals surface area (Å²) in [7, 11) is 0. The van der Waals surface area contributed by atoms with Crippen molar-refractivity contribution in [2.24, 2.45) is 23.7 Å². The van der Waals surface area contributed by atoms with E-state index < -0.39 is 5.60 Å². The van der Waals surface area contributed by atoms with E-state index in [1.54, 1.807) is 0 Å². The third-order valence-electron chi connectivity index (χ3n) is 5.57. The third-order valence-corrected chi connectivity index (χ3v) is 5.57. The van der Waals surface area contributed by atoms with Gasteiger partial charge in [0, 0.05) is 11.8 Å². The summed E-state index contributed by atoms with van der Waals surface area (Å²) in [6, 6.07) is 0. The quantitative estimate of drug-likeness (QED) is 0.684. The molecule has 3 aliphatic carbocycles. The predicted molar refractivity (Wildman–Crippen MR) is 61.9 cm³/mol. The van der Waals surface area contributed by atoms with Crippen LogP contribution in [0.3, 0.4) is 0 Å². The summed E-state index contributed by atoms with van der Waals surface area (Å²) >= 11 is 0. The van der Waals surface area contributed by atoms with Crippen molar-refractivity contribution in [2.75, 3.05) is 0 Å². The van der Waals surface area contributed by atoms with E-state index in [1.807, 2.05) is 0 Å². The van der Waals surface area contributed by atoms with Crippen molar-refractivity contribution in [1.82, 2.24) is 0 Å². The first-order valence-corrected chi connectivity index (χ1v) is 6.90. The van der Waals surface area contributed by atoms with Gasteiger partial charge in [-0.15, -0.1) is 0 Å². The third kappa shape index (κ3) is 1.25. The molecule has 3 fully saturated rings. The van der Waals surface area contributed by atoms with E-state index >= 15 is 0 Å². The van der Waals surface area contributed by atoms with E-state index in [4.69, 9.17) is 0 Å². The summed E-state index contributed by atoms with van der Waals surface area (Å²) < 4.78 is 0. The molecule has 0 radical (unpaired) electrons. The van der Waals surface area contributed by atoms with Crippen LogP contribution in [0.4, 0.5) is 0 Å². The molecule has 3 saturated carbocycles. The molecule has 0 heterocycles. The average Bonchev–Trinajstić information content (AvgIpc) is 2.27. The summed E-state index contributed by atoms with van der Waals surface area (Å²) in [5.74, 6) is 1.44. The smallest absolute Gasteiger partial charge is 0.142 e. The van der Waals surface area contributed by atoms with Gasteiger partial charge in [0.15, 0.2) is 0 Å². The van der Waals surface area contributed by atoms with Crippen LogP contribution in [0.25, 0.3) is 0 Å². The Morgan fingerprint density at radius 2 is 2.00 bits per heavy atom. The van der Waals surface area contributed by atoms with Gasteiger partial charge in [-0.25, -0.2) is 0 Å². The molecule has 5 atom stereocenters. The molecule has 0 saturated heterocycles. The molecular weight excluding hydrogens is 200 g/mol. The highest BCUT2D eigenvalue weighted by Crippen LogP contribution is 2.54. The SMILES string of the molecule is C[C@@H]1[C@H]2CCC[C@H](C2=O)[C@@]2(O)CCCC[C@@H]12. The lowest BCUT2D eigenvalue weighted by molar-refractivity contribution is -0.179. The molecule has 2 nitrogen and oxygen atoms in total. The van der Waals surface area contributed by atoms with Crippen molar-refractivity contribution in [3.8, 4) is 0 Å². The minimum atomic E-state index is -0.633. The highest BCUT2D eigenvalue weighted by molar-refractivity contribution is 5.86. The fraction of sp³-hybridized carbons (Fsp3) is 0.929. The number of ketones is 1. The minimum Gasteiger partial charge on any atom is -0.389 e. The lowest BCUT2D eigenvalue weighted by atomic mass is 9.51. The van der Waals surface area contributed by atoms with E-state index in [0.717, 1.165) is 38.5 Å². The molecule has 1 N–H and O–H groups in total. The van der Waals surface area contributed by atoms with Crippen LogP contribution in [-0.2, 0) is 4.79 Å². The van der Waals surface area contributed by atoms with Gasteiger partial charge in [-0.3, -0.25) is 4.79 Å². The minimum absolute atomic E-state index is 0.0206. The number of carbonyl (C=O) groups is 1. The Morgan fingerprint density at radius 3 is 2.81 bits per heavy atom. The fourth-order valence-electron chi connectivity index (χ4n) is 4.74. The van der Waals surface area contributed by atoms with E-state index in [-0.39, 0.29) is 11.8 Å². The maximum Gasteiger partial charge on any atom is 0.142 e. The van der Waals surface area contributed by atoms with Gasteiger partial charge in [0.2, 0.25) is 0 Å². The lowest BCUT2D eigenvalue weighted by Crippen LogP contribution is -2.61. The zero-order valence-electron chi connectivity index (χ0n) is 10.1. The number of rotatable bonds is 0. The van der Waals surface area contributed by atoms with Crippen LogP contribution < -0.4 is 0 Å². The number of hydrogen-bond donors (Lipinski definition) is 1. The second-order valence-electron chi connectivity index (χ2n) is 6.19. The molecular formula is C14H22O2. The van der Waals surface area contributed by atoms with Crippen LogP contribution >= 0.6 is 0 Å². The number of carbonyl (C=O) groups excluding carboxylic acids is 1. The zero-order valence-corrected chi connectivity index (χ0v) is 10.1. The fourth-order valence-corrected chi connectivity index (χ4v) is 4.74. The van der Waals surface area contributed by atoms with Crippen molar-refractivity contribution in [3.05, 3.63) is 0 Å². The van der Waals surface area contributed by atoms with Gasteiger partial charge in [-0.2, -0.15) is 0 Å². The summed E-state index contributed by atoms with van der Waals surface area (Å²) in [5, 5.41) is 10.9. The Kier molecular flexibility index (Phi) is 2.39. The van der Waals surface area contributed by atoms with Crippen LogP contribution in [0.1, 0.15) is 51.9 Å². The summed E-state index contributed by atoms with van der Waals surface area (Å²) in [5.41, 5.74) is -0.633. The number of fused-ring (bicyclic) bond motifs is 4. The van der Waals surface area contributed by atoms with Gasteiger partial charge in [-0.1, -0.05) is 26.2 Å². The summed E-state index contributed by atoms with van der Waals surface area (Å²) in [6.07, 6.45) is 7.50. The number of aliphatic hydroxyl groups is 1. The molecule has 0 aromatic carbocycles. The molecule has 16 heavy (non-hydrogen) atoms. The lowest BCUT2D eigenvalue weighted by Gasteiger charge is -2.55. The second kappa shape index (κ2) is 3.56. The zero-order chi connectivity index (χ0) is 11.3. The molecule has 2 heteroatoms. The van der Waals surface area contributed by atoms with Crippen molar-refractivity contribution < 1.29 is 9.90 Å². The maximum atomic E-state index is 12.3. The molecule has 0 amide bonds. The van der Waals surface area contributed by atoms with Gasteiger partial charge < -0.3 is 5.11 Å². The molecule has 0 unspecified atom stereocenters. The molecule has 3 aliphatic rings. The Morgan fingerprint density at radius 1 is 1.19 bits per heavy atom. The molecule has 3 rings (SSSR count). The van der Waals surface area contributed by atoms with E-state index in [0.29, 0.717) is 17.6 Å². The van der Waals surface area contributed by atoms with Crippen molar-refractivity contribution in [3.63, 3.8) is 0 Å².